The fourth-order valence-corrected chi connectivity index (χ4v) is 3.97. The first-order valence-electron chi connectivity index (χ1n) is 12.4. The number of rotatable bonds is 13. The Morgan fingerprint density at radius 3 is 1.97 bits per heavy atom. The van der Waals surface area contributed by atoms with Crippen LogP contribution in [-0.4, -0.2) is 15.0 Å². The van der Waals surface area contributed by atoms with Gasteiger partial charge in [0.1, 0.15) is 0 Å². The number of halogens is 2. The Kier molecular flexibility index (Phi) is 9.92. The van der Waals surface area contributed by atoms with Gasteiger partial charge in [-0.1, -0.05) is 64.9 Å². The van der Waals surface area contributed by atoms with Crippen molar-refractivity contribution in [1.82, 2.24) is 15.0 Å². The molecule has 0 atom stereocenters. The molecule has 0 amide bonds. The van der Waals surface area contributed by atoms with Crippen LogP contribution in [0.3, 0.4) is 0 Å². The van der Waals surface area contributed by atoms with E-state index in [1.165, 1.54) is 25.7 Å². The van der Waals surface area contributed by atoms with E-state index in [9.17, 15) is 8.78 Å². The summed E-state index contributed by atoms with van der Waals surface area (Å²) in [4.78, 5) is 13.3. The third-order valence-electron chi connectivity index (χ3n) is 6.03. The van der Waals surface area contributed by atoms with Gasteiger partial charge < -0.3 is 0 Å². The van der Waals surface area contributed by atoms with Crippen LogP contribution in [0.5, 0.6) is 0 Å². The number of aryl methyl sites for hydroxylation is 2. The summed E-state index contributed by atoms with van der Waals surface area (Å²) in [6.45, 7) is 4.35. The first-order chi connectivity index (χ1) is 16.1. The Labute approximate surface area is 196 Å². The zero-order valence-electron chi connectivity index (χ0n) is 19.9. The van der Waals surface area contributed by atoms with Crippen LogP contribution >= 0.6 is 0 Å². The van der Waals surface area contributed by atoms with Gasteiger partial charge in [0.2, 0.25) is 0 Å². The number of aromatic nitrogens is 3. The summed E-state index contributed by atoms with van der Waals surface area (Å²) in [5, 5.41) is 0. The first-order valence-corrected chi connectivity index (χ1v) is 12.4. The van der Waals surface area contributed by atoms with E-state index in [4.69, 9.17) is 0 Å². The van der Waals surface area contributed by atoms with E-state index in [1.54, 1.807) is 30.5 Å². The topological polar surface area (TPSA) is 38.7 Å². The Morgan fingerprint density at radius 2 is 1.30 bits per heavy atom. The van der Waals surface area contributed by atoms with Crippen molar-refractivity contribution in [1.29, 1.82) is 0 Å². The maximum absolute atomic E-state index is 14.7. The van der Waals surface area contributed by atoms with Crippen LogP contribution in [0.15, 0.2) is 42.9 Å². The summed E-state index contributed by atoms with van der Waals surface area (Å²) in [5.74, 6) is -1.01. The van der Waals surface area contributed by atoms with Crippen LogP contribution in [0.1, 0.15) is 82.8 Å². The predicted molar refractivity (Wildman–Crippen MR) is 131 cm³/mol. The molecule has 0 aliphatic rings. The number of pyridine rings is 1. The van der Waals surface area contributed by atoms with E-state index < -0.39 is 11.6 Å². The average molecular weight is 452 g/mol. The fraction of sp³-hybridized carbons (Fsp3) is 0.464. The van der Waals surface area contributed by atoms with Gasteiger partial charge >= 0.3 is 0 Å². The van der Waals surface area contributed by atoms with E-state index in [0.717, 1.165) is 49.7 Å². The van der Waals surface area contributed by atoms with Crippen LogP contribution in [0, 0.1) is 11.6 Å². The Hall–Kier alpha value is -2.69. The molecule has 2 heterocycles. The molecule has 0 saturated carbocycles. The van der Waals surface area contributed by atoms with Gasteiger partial charge in [0.15, 0.2) is 17.5 Å². The standard InChI is InChI=1S/C28H35F2N3/c1-3-5-7-9-10-12-21-18-32-28(33-19-21)23-15-17-25(31-20-23)24-16-14-22(26(29)27(24)30)13-11-8-6-4-2/h14-20H,3-13H2,1-2H3. The predicted octanol–water partition coefficient (Wildman–Crippen LogP) is 8.12. The third-order valence-corrected chi connectivity index (χ3v) is 6.03. The number of benzene rings is 1. The monoisotopic (exact) mass is 451 g/mol. The largest absolute Gasteiger partial charge is 0.255 e. The highest BCUT2D eigenvalue weighted by atomic mass is 19.2. The van der Waals surface area contributed by atoms with Crippen LogP contribution in [-0.2, 0) is 12.8 Å². The lowest BCUT2D eigenvalue weighted by atomic mass is 10.0. The molecule has 0 N–H and O–H groups in total. The van der Waals surface area contributed by atoms with Crippen molar-refractivity contribution in [3.63, 3.8) is 0 Å². The SMILES string of the molecule is CCCCCCCc1cnc(-c2ccc(-c3ccc(CCCCCC)c(F)c3F)nc2)nc1. The van der Waals surface area contributed by atoms with E-state index in [-0.39, 0.29) is 5.56 Å². The van der Waals surface area contributed by atoms with Gasteiger partial charge in [0, 0.05) is 29.7 Å². The fourth-order valence-electron chi connectivity index (χ4n) is 3.97. The van der Waals surface area contributed by atoms with Crippen molar-refractivity contribution in [3.8, 4) is 22.6 Å². The summed E-state index contributed by atoms with van der Waals surface area (Å²) in [7, 11) is 0. The minimum absolute atomic E-state index is 0.177. The van der Waals surface area contributed by atoms with Gasteiger partial charge in [-0.25, -0.2) is 18.7 Å². The molecule has 1 aromatic carbocycles. The molecule has 0 aliphatic carbocycles. The molecule has 0 saturated heterocycles. The zero-order valence-corrected chi connectivity index (χ0v) is 19.9. The molecule has 3 aromatic rings. The molecule has 0 fully saturated rings. The van der Waals surface area contributed by atoms with Gasteiger partial charge in [-0.05, 0) is 55.0 Å². The highest BCUT2D eigenvalue weighted by Crippen LogP contribution is 2.27. The van der Waals surface area contributed by atoms with Crippen molar-refractivity contribution in [3.05, 3.63) is 65.6 Å². The van der Waals surface area contributed by atoms with Gasteiger partial charge in [-0.3, -0.25) is 4.98 Å². The summed E-state index contributed by atoms with van der Waals surface area (Å²) in [6, 6.07) is 6.80. The average Bonchev–Trinajstić information content (AvgIpc) is 2.85. The highest BCUT2D eigenvalue weighted by molar-refractivity contribution is 5.64. The van der Waals surface area contributed by atoms with Crippen molar-refractivity contribution < 1.29 is 8.78 Å². The number of hydrogen-bond acceptors (Lipinski definition) is 3. The zero-order chi connectivity index (χ0) is 23.5. The van der Waals surface area contributed by atoms with Crippen molar-refractivity contribution in [2.75, 3.05) is 0 Å². The molecule has 0 unspecified atom stereocenters. The molecule has 2 aromatic heterocycles. The third kappa shape index (κ3) is 7.15. The van der Waals surface area contributed by atoms with Crippen LogP contribution < -0.4 is 0 Å². The van der Waals surface area contributed by atoms with Crippen molar-refractivity contribution in [2.45, 2.75) is 84.5 Å². The molecule has 3 nitrogen and oxygen atoms in total. The summed E-state index contributed by atoms with van der Waals surface area (Å²) < 4.78 is 29.3. The molecule has 0 spiro atoms. The quantitative estimate of drug-likeness (QED) is 0.246. The van der Waals surface area contributed by atoms with Crippen LogP contribution in [0.25, 0.3) is 22.6 Å². The minimum atomic E-state index is -0.831. The summed E-state index contributed by atoms with van der Waals surface area (Å²) >= 11 is 0. The maximum atomic E-state index is 14.7. The molecule has 3 rings (SSSR count). The van der Waals surface area contributed by atoms with Crippen molar-refractivity contribution in [2.24, 2.45) is 0 Å². The lowest BCUT2D eigenvalue weighted by molar-refractivity contribution is 0.497. The van der Waals surface area contributed by atoms with E-state index >= 15 is 0 Å². The van der Waals surface area contributed by atoms with E-state index in [1.807, 2.05) is 12.4 Å². The molecule has 0 bridgehead atoms. The molecular formula is C28H35F2N3. The van der Waals surface area contributed by atoms with Crippen LogP contribution in [0.2, 0.25) is 0 Å². The van der Waals surface area contributed by atoms with Crippen LogP contribution in [0.4, 0.5) is 8.78 Å². The first kappa shape index (κ1) is 24.9. The van der Waals surface area contributed by atoms with Gasteiger partial charge in [0.05, 0.1) is 5.69 Å². The second-order valence-electron chi connectivity index (χ2n) is 8.72. The molecule has 176 valence electrons. The summed E-state index contributed by atoms with van der Waals surface area (Å²) in [5.41, 5.74) is 2.89. The number of unbranched alkanes of at least 4 members (excludes halogenated alkanes) is 7. The Bertz CT molecular complexity index is 985. The van der Waals surface area contributed by atoms with E-state index in [0.29, 0.717) is 23.5 Å². The van der Waals surface area contributed by atoms with Gasteiger partial charge in [-0.2, -0.15) is 0 Å². The van der Waals surface area contributed by atoms with Gasteiger partial charge in [-0.15, -0.1) is 0 Å². The minimum Gasteiger partial charge on any atom is -0.255 e. The van der Waals surface area contributed by atoms with Gasteiger partial charge in [0.25, 0.3) is 0 Å². The number of hydrogen-bond donors (Lipinski definition) is 0. The molecule has 5 heteroatoms. The second-order valence-corrected chi connectivity index (χ2v) is 8.72. The highest BCUT2D eigenvalue weighted by Gasteiger charge is 2.15. The second kappa shape index (κ2) is 13.1. The molecule has 33 heavy (non-hydrogen) atoms. The molecular weight excluding hydrogens is 416 g/mol. The Morgan fingerprint density at radius 1 is 0.636 bits per heavy atom. The van der Waals surface area contributed by atoms with E-state index in [2.05, 4.69) is 28.8 Å². The lowest BCUT2D eigenvalue weighted by Gasteiger charge is -2.09. The Balaban J connectivity index is 1.63. The maximum Gasteiger partial charge on any atom is 0.168 e. The number of nitrogens with zero attached hydrogens (tertiary/aromatic N) is 3. The smallest absolute Gasteiger partial charge is 0.168 e. The van der Waals surface area contributed by atoms with Crippen molar-refractivity contribution >= 4 is 0 Å². The summed E-state index contributed by atoms with van der Waals surface area (Å²) in [6.07, 6.45) is 17.2. The lowest BCUT2D eigenvalue weighted by Crippen LogP contribution is -1.99. The molecule has 0 aliphatic heterocycles. The normalized spacial score (nSPS) is 11.2. The molecule has 0 radical (unpaired) electrons.